The minimum atomic E-state index is -0.150. The van der Waals surface area contributed by atoms with E-state index in [0.29, 0.717) is 11.5 Å². The molecule has 5 heteroatoms. The summed E-state index contributed by atoms with van der Waals surface area (Å²) in [6.45, 7) is 3.81. The van der Waals surface area contributed by atoms with Gasteiger partial charge in [0.15, 0.2) is 0 Å². The van der Waals surface area contributed by atoms with Crippen LogP contribution < -0.4 is 10.6 Å². The fourth-order valence-electron chi connectivity index (χ4n) is 0.920. The molecule has 76 valence electrons. The van der Waals surface area contributed by atoms with Crippen LogP contribution in [0.4, 0.5) is 5.95 Å². The number of aromatic nitrogens is 2. The molecule has 2 N–H and O–H groups in total. The Balaban J connectivity index is 2.71. The van der Waals surface area contributed by atoms with Crippen molar-refractivity contribution >= 4 is 11.9 Å². The highest BCUT2D eigenvalue weighted by Crippen LogP contribution is 1.99. The molecule has 0 atom stereocenters. The highest BCUT2D eigenvalue weighted by atomic mass is 16.1. The quantitative estimate of drug-likeness (QED) is 0.741. The van der Waals surface area contributed by atoms with Crippen LogP contribution in [0.15, 0.2) is 12.4 Å². The van der Waals surface area contributed by atoms with Crippen molar-refractivity contribution in [2.24, 2.45) is 0 Å². The van der Waals surface area contributed by atoms with Gasteiger partial charge in [0.2, 0.25) is 5.95 Å². The number of rotatable bonds is 3. The number of carbonyl (C=O) groups excluding carboxylic acids is 1. The minimum absolute atomic E-state index is 0.117. The first-order valence-electron chi connectivity index (χ1n) is 4.44. The van der Waals surface area contributed by atoms with Crippen LogP contribution in [0, 0.1) is 0 Å². The Labute approximate surface area is 83.0 Å². The number of nitrogens with zero attached hydrogens (tertiary/aromatic N) is 2. The highest BCUT2D eigenvalue weighted by Gasteiger charge is 2.07. The van der Waals surface area contributed by atoms with E-state index < -0.39 is 0 Å². The monoisotopic (exact) mass is 194 g/mol. The lowest BCUT2D eigenvalue weighted by atomic mass is 10.3. The first-order chi connectivity index (χ1) is 6.63. The van der Waals surface area contributed by atoms with Gasteiger partial charge in [-0.05, 0) is 13.8 Å². The molecule has 0 aliphatic rings. The average molecular weight is 194 g/mol. The third kappa shape index (κ3) is 2.69. The third-order valence-electron chi connectivity index (χ3n) is 1.56. The molecule has 1 heterocycles. The Morgan fingerprint density at radius 3 is 2.36 bits per heavy atom. The molecule has 1 aromatic rings. The summed E-state index contributed by atoms with van der Waals surface area (Å²) in [6, 6.07) is 0.117. The summed E-state index contributed by atoms with van der Waals surface area (Å²) in [5.74, 6) is 0.355. The van der Waals surface area contributed by atoms with Gasteiger partial charge in [0.25, 0.3) is 5.91 Å². The zero-order valence-corrected chi connectivity index (χ0v) is 8.53. The van der Waals surface area contributed by atoms with E-state index >= 15 is 0 Å². The smallest absolute Gasteiger partial charge is 0.254 e. The van der Waals surface area contributed by atoms with Gasteiger partial charge in [-0.1, -0.05) is 0 Å². The van der Waals surface area contributed by atoms with Crippen LogP contribution in [0.25, 0.3) is 0 Å². The third-order valence-corrected chi connectivity index (χ3v) is 1.56. The number of hydrogen-bond donors (Lipinski definition) is 2. The fourth-order valence-corrected chi connectivity index (χ4v) is 0.920. The maximum Gasteiger partial charge on any atom is 0.254 e. The molecule has 1 aromatic heterocycles. The van der Waals surface area contributed by atoms with Crippen LogP contribution in [0.2, 0.25) is 0 Å². The van der Waals surface area contributed by atoms with Crippen molar-refractivity contribution < 1.29 is 4.79 Å². The second kappa shape index (κ2) is 4.55. The largest absolute Gasteiger partial charge is 0.357 e. The molecule has 5 nitrogen and oxygen atoms in total. The van der Waals surface area contributed by atoms with Crippen LogP contribution >= 0.6 is 0 Å². The molecular weight excluding hydrogens is 180 g/mol. The summed E-state index contributed by atoms with van der Waals surface area (Å²) in [4.78, 5) is 19.3. The molecule has 0 aliphatic heterocycles. The molecule has 0 unspecified atom stereocenters. The Bertz CT molecular complexity index is 307. The summed E-state index contributed by atoms with van der Waals surface area (Å²) >= 11 is 0. The van der Waals surface area contributed by atoms with Gasteiger partial charge < -0.3 is 10.6 Å². The van der Waals surface area contributed by atoms with Gasteiger partial charge in [-0.15, -0.1) is 0 Å². The molecule has 0 spiro atoms. The van der Waals surface area contributed by atoms with Crippen molar-refractivity contribution in [3.05, 3.63) is 18.0 Å². The summed E-state index contributed by atoms with van der Waals surface area (Å²) in [6.07, 6.45) is 2.99. The average Bonchev–Trinajstić information content (AvgIpc) is 2.17. The van der Waals surface area contributed by atoms with E-state index in [1.165, 1.54) is 12.4 Å². The predicted octanol–water partition coefficient (Wildman–Crippen LogP) is 0.656. The van der Waals surface area contributed by atoms with Gasteiger partial charge in [0, 0.05) is 25.5 Å². The number of amides is 1. The Morgan fingerprint density at radius 2 is 1.93 bits per heavy atom. The normalized spacial score (nSPS) is 10.0. The van der Waals surface area contributed by atoms with Gasteiger partial charge >= 0.3 is 0 Å². The number of nitrogens with one attached hydrogen (secondary N) is 2. The molecular formula is C9H14N4O. The zero-order valence-electron chi connectivity index (χ0n) is 8.53. The Kier molecular flexibility index (Phi) is 3.39. The molecule has 14 heavy (non-hydrogen) atoms. The van der Waals surface area contributed by atoms with Gasteiger partial charge in [-0.25, -0.2) is 9.97 Å². The van der Waals surface area contributed by atoms with Crippen molar-refractivity contribution in [3.63, 3.8) is 0 Å². The summed E-state index contributed by atoms with van der Waals surface area (Å²) < 4.78 is 0. The van der Waals surface area contributed by atoms with E-state index in [2.05, 4.69) is 20.6 Å². The lowest BCUT2D eigenvalue weighted by molar-refractivity contribution is 0.0942. The van der Waals surface area contributed by atoms with E-state index in [-0.39, 0.29) is 11.9 Å². The van der Waals surface area contributed by atoms with E-state index in [1.807, 2.05) is 13.8 Å². The van der Waals surface area contributed by atoms with Crippen molar-refractivity contribution in [2.75, 3.05) is 12.4 Å². The van der Waals surface area contributed by atoms with Crippen molar-refractivity contribution in [2.45, 2.75) is 19.9 Å². The van der Waals surface area contributed by atoms with Crippen LogP contribution in [0.3, 0.4) is 0 Å². The Morgan fingerprint density at radius 1 is 1.36 bits per heavy atom. The SMILES string of the molecule is CNc1ncc(C(=O)NC(C)C)cn1. The lowest BCUT2D eigenvalue weighted by Crippen LogP contribution is -2.30. The number of anilines is 1. The lowest BCUT2D eigenvalue weighted by Gasteiger charge is -2.07. The summed E-state index contributed by atoms with van der Waals surface area (Å²) in [7, 11) is 1.73. The summed E-state index contributed by atoms with van der Waals surface area (Å²) in [5.41, 5.74) is 0.470. The van der Waals surface area contributed by atoms with Crippen LogP contribution in [-0.4, -0.2) is 29.0 Å². The van der Waals surface area contributed by atoms with E-state index in [4.69, 9.17) is 0 Å². The van der Waals surface area contributed by atoms with Crippen molar-refractivity contribution in [1.29, 1.82) is 0 Å². The van der Waals surface area contributed by atoms with Crippen LogP contribution in [0.5, 0.6) is 0 Å². The molecule has 0 radical (unpaired) electrons. The maximum atomic E-state index is 11.4. The number of hydrogen-bond acceptors (Lipinski definition) is 4. The first-order valence-corrected chi connectivity index (χ1v) is 4.44. The molecule has 0 aliphatic carbocycles. The molecule has 1 rings (SSSR count). The molecule has 1 amide bonds. The van der Waals surface area contributed by atoms with Gasteiger partial charge in [0.1, 0.15) is 0 Å². The van der Waals surface area contributed by atoms with E-state index in [1.54, 1.807) is 7.05 Å². The molecule has 0 fully saturated rings. The summed E-state index contributed by atoms with van der Waals surface area (Å²) in [5, 5.41) is 5.54. The van der Waals surface area contributed by atoms with Gasteiger partial charge in [0.05, 0.1) is 5.56 Å². The van der Waals surface area contributed by atoms with E-state index in [9.17, 15) is 4.79 Å². The Hall–Kier alpha value is -1.65. The van der Waals surface area contributed by atoms with Crippen molar-refractivity contribution in [3.8, 4) is 0 Å². The second-order valence-electron chi connectivity index (χ2n) is 3.17. The standard InChI is InChI=1S/C9H14N4O/c1-6(2)13-8(14)7-4-11-9(10-3)12-5-7/h4-6H,1-3H3,(H,13,14)(H,10,11,12). The predicted molar refractivity (Wildman–Crippen MR) is 54.2 cm³/mol. The minimum Gasteiger partial charge on any atom is -0.357 e. The topological polar surface area (TPSA) is 66.9 Å². The molecule has 0 saturated heterocycles. The zero-order chi connectivity index (χ0) is 10.6. The molecule has 0 bridgehead atoms. The van der Waals surface area contributed by atoms with E-state index in [0.717, 1.165) is 0 Å². The van der Waals surface area contributed by atoms with Crippen LogP contribution in [-0.2, 0) is 0 Å². The maximum absolute atomic E-state index is 11.4. The van der Waals surface area contributed by atoms with Gasteiger partial charge in [-0.3, -0.25) is 4.79 Å². The van der Waals surface area contributed by atoms with Crippen LogP contribution in [0.1, 0.15) is 24.2 Å². The number of carbonyl (C=O) groups is 1. The van der Waals surface area contributed by atoms with Crippen molar-refractivity contribution in [1.82, 2.24) is 15.3 Å². The van der Waals surface area contributed by atoms with Gasteiger partial charge in [-0.2, -0.15) is 0 Å². The second-order valence-corrected chi connectivity index (χ2v) is 3.17. The molecule has 0 aromatic carbocycles. The first kappa shape index (κ1) is 10.4. The fraction of sp³-hybridized carbons (Fsp3) is 0.444. The highest BCUT2D eigenvalue weighted by molar-refractivity contribution is 5.93. The molecule has 0 saturated carbocycles.